The van der Waals surface area contributed by atoms with Crippen LogP contribution in [0.3, 0.4) is 0 Å². The molecule has 0 aromatic rings. The van der Waals surface area contributed by atoms with E-state index in [9.17, 15) is 4.79 Å². The smallest absolute Gasteiger partial charge is 0.305 e. The van der Waals surface area contributed by atoms with E-state index in [0.29, 0.717) is 25.6 Å². The van der Waals surface area contributed by atoms with Gasteiger partial charge in [0.2, 0.25) is 0 Å². The molecule has 1 aliphatic rings. The second-order valence-corrected chi connectivity index (χ2v) is 3.93. The van der Waals surface area contributed by atoms with E-state index in [1.54, 1.807) is 7.11 Å². The molecule has 1 aliphatic carbocycles. The van der Waals surface area contributed by atoms with Gasteiger partial charge in [0.1, 0.15) is 0 Å². The van der Waals surface area contributed by atoms with Crippen LogP contribution in [-0.4, -0.2) is 26.3 Å². The van der Waals surface area contributed by atoms with Crippen molar-refractivity contribution in [1.29, 1.82) is 0 Å². The van der Waals surface area contributed by atoms with Crippen LogP contribution < -0.4 is 0 Å². The summed E-state index contributed by atoms with van der Waals surface area (Å²) in [5.74, 6) is 0.433. The number of hydrogen-bond acceptors (Lipinski definition) is 3. The van der Waals surface area contributed by atoms with Crippen molar-refractivity contribution in [1.82, 2.24) is 0 Å². The number of rotatable bonds is 6. The first-order valence-electron chi connectivity index (χ1n) is 5.62. The predicted molar refractivity (Wildman–Crippen MR) is 58.6 cm³/mol. The van der Waals surface area contributed by atoms with Crippen molar-refractivity contribution >= 4 is 5.97 Å². The monoisotopic (exact) mass is 212 g/mol. The second-order valence-electron chi connectivity index (χ2n) is 3.93. The van der Waals surface area contributed by atoms with Gasteiger partial charge >= 0.3 is 5.97 Å². The Labute approximate surface area is 91.4 Å². The maximum Gasteiger partial charge on any atom is 0.305 e. The van der Waals surface area contributed by atoms with Crippen LogP contribution in [0.5, 0.6) is 0 Å². The van der Waals surface area contributed by atoms with Crippen LogP contribution in [0.25, 0.3) is 0 Å². The van der Waals surface area contributed by atoms with Crippen molar-refractivity contribution in [3.05, 3.63) is 12.2 Å². The molecule has 1 atom stereocenters. The van der Waals surface area contributed by atoms with Gasteiger partial charge in [-0.1, -0.05) is 12.2 Å². The third kappa shape index (κ3) is 5.57. The molecular weight excluding hydrogens is 192 g/mol. The summed E-state index contributed by atoms with van der Waals surface area (Å²) in [6, 6.07) is 0. The quantitative estimate of drug-likeness (QED) is 0.385. The molecule has 1 unspecified atom stereocenters. The highest BCUT2D eigenvalue weighted by atomic mass is 16.5. The molecular formula is C12H20O3. The lowest BCUT2D eigenvalue weighted by Crippen LogP contribution is -2.15. The third-order valence-electron chi connectivity index (χ3n) is 2.59. The van der Waals surface area contributed by atoms with Gasteiger partial charge in [0.05, 0.1) is 6.61 Å². The molecule has 0 amide bonds. The Kier molecular flexibility index (Phi) is 6.09. The largest absolute Gasteiger partial charge is 0.465 e. The lowest BCUT2D eigenvalue weighted by atomic mass is 9.95. The number of carbonyl (C=O) groups is 1. The molecule has 0 saturated heterocycles. The van der Waals surface area contributed by atoms with Crippen LogP contribution in [-0.2, 0) is 14.3 Å². The summed E-state index contributed by atoms with van der Waals surface area (Å²) in [6.07, 6.45) is 8.89. The van der Waals surface area contributed by atoms with E-state index < -0.39 is 0 Å². The molecule has 1 rings (SSSR count). The van der Waals surface area contributed by atoms with E-state index in [1.165, 1.54) is 0 Å². The van der Waals surface area contributed by atoms with Crippen LogP contribution in [0.4, 0.5) is 0 Å². The average Bonchev–Trinajstić information content (AvgIpc) is 2.28. The average molecular weight is 212 g/mol. The van der Waals surface area contributed by atoms with E-state index in [2.05, 4.69) is 12.2 Å². The van der Waals surface area contributed by atoms with Gasteiger partial charge in [0.25, 0.3) is 0 Å². The van der Waals surface area contributed by atoms with E-state index in [-0.39, 0.29) is 5.97 Å². The Morgan fingerprint density at radius 3 is 3.00 bits per heavy atom. The molecule has 0 saturated carbocycles. The zero-order valence-corrected chi connectivity index (χ0v) is 9.41. The van der Waals surface area contributed by atoms with E-state index in [1.807, 2.05) is 0 Å². The molecule has 0 heterocycles. The highest BCUT2D eigenvalue weighted by molar-refractivity contribution is 5.69. The van der Waals surface area contributed by atoms with Crippen LogP contribution in [0.2, 0.25) is 0 Å². The lowest BCUT2D eigenvalue weighted by Gasteiger charge is -2.17. The van der Waals surface area contributed by atoms with Crippen LogP contribution in [0.15, 0.2) is 12.2 Å². The van der Waals surface area contributed by atoms with Gasteiger partial charge in [-0.15, -0.1) is 0 Å². The van der Waals surface area contributed by atoms with Gasteiger partial charge in [-0.25, -0.2) is 0 Å². The molecule has 3 nitrogen and oxygen atoms in total. The summed E-state index contributed by atoms with van der Waals surface area (Å²) in [6.45, 7) is 1.21. The van der Waals surface area contributed by atoms with Crippen molar-refractivity contribution < 1.29 is 14.3 Å². The SMILES string of the molecule is COCCCC(=O)OCC1CC=CCC1. The number of carbonyl (C=O) groups excluding carboxylic acids is 1. The molecule has 0 N–H and O–H groups in total. The summed E-state index contributed by atoms with van der Waals surface area (Å²) in [4.78, 5) is 11.3. The van der Waals surface area contributed by atoms with Gasteiger partial charge in [0.15, 0.2) is 0 Å². The normalized spacial score (nSPS) is 20.2. The lowest BCUT2D eigenvalue weighted by molar-refractivity contribution is -0.145. The Morgan fingerprint density at radius 1 is 1.47 bits per heavy atom. The third-order valence-corrected chi connectivity index (χ3v) is 2.59. The molecule has 0 fully saturated rings. The minimum Gasteiger partial charge on any atom is -0.465 e. The molecule has 0 aromatic carbocycles. The maximum atomic E-state index is 11.3. The van der Waals surface area contributed by atoms with Gasteiger partial charge in [-0.05, 0) is 31.6 Å². The molecule has 15 heavy (non-hydrogen) atoms. The highest BCUT2D eigenvalue weighted by Crippen LogP contribution is 2.18. The van der Waals surface area contributed by atoms with Crippen LogP contribution in [0, 0.1) is 5.92 Å². The molecule has 0 aromatic heterocycles. The highest BCUT2D eigenvalue weighted by Gasteiger charge is 2.12. The van der Waals surface area contributed by atoms with Gasteiger partial charge in [0, 0.05) is 20.1 Å². The Morgan fingerprint density at radius 2 is 2.33 bits per heavy atom. The zero-order valence-electron chi connectivity index (χ0n) is 9.41. The van der Waals surface area contributed by atoms with E-state index >= 15 is 0 Å². The molecule has 0 radical (unpaired) electrons. The van der Waals surface area contributed by atoms with Crippen LogP contribution in [0.1, 0.15) is 32.1 Å². The second kappa shape index (κ2) is 7.46. The molecule has 0 aliphatic heterocycles. The van der Waals surface area contributed by atoms with Gasteiger partial charge < -0.3 is 9.47 Å². The first-order valence-corrected chi connectivity index (χ1v) is 5.62. The first-order chi connectivity index (χ1) is 7.33. The number of allylic oxidation sites excluding steroid dienone is 2. The van der Waals surface area contributed by atoms with Crippen molar-refractivity contribution in [2.24, 2.45) is 5.92 Å². The Hall–Kier alpha value is -0.830. The number of hydrogen-bond donors (Lipinski definition) is 0. The van der Waals surface area contributed by atoms with Gasteiger partial charge in [-0.2, -0.15) is 0 Å². The minimum atomic E-state index is -0.0957. The molecule has 0 spiro atoms. The topological polar surface area (TPSA) is 35.5 Å². The maximum absolute atomic E-state index is 11.3. The van der Waals surface area contributed by atoms with Crippen molar-refractivity contribution in [3.63, 3.8) is 0 Å². The summed E-state index contributed by atoms with van der Waals surface area (Å²) < 4.78 is 10.1. The standard InChI is InChI=1S/C12H20O3/c1-14-9-5-8-12(13)15-10-11-6-3-2-4-7-11/h2-3,11H,4-10H2,1H3. The number of methoxy groups -OCH3 is 1. The van der Waals surface area contributed by atoms with Crippen molar-refractivity contribution in [3.8, 4) is 0 Å². The Bertz CT molecular complexity index is 211. The fourth-order valence-corrected chi connectivity index (χ4v) is 1.65. The fourth-order valence-electron chi connectivity index (χ4n) is 1.65. The van der Waals surface area contributed by atoms with E-state index in [0.717, 1.165) is 25.7 Å². The first kappa shape index (κ1) is 12.2. The summed E-state index contributed by atoms with van der Waals surface area (Å²) in [7, 11) is 1.64. The molecule has 0 bridgehead atoms. The zero-order chi connectivity index (χ0) is 10.9. The summed E-state index contributed by atoms with van der Waals surface area (Å²) >= 11 is 0. The minimum absolute atomic E-state index is 0.0957. The van der Waals surface area contributed by atoms with Crippen molar-refractivity contribution in [2.75, 3.05) is 20.3 Å². The van der Waals surface area contributed by atoms with Crippen LogP contribution >= 0.6 is 0 Å². The number of ether oxygens (including phenoxy) is 2. The summed E-state index contributed by atoms with van der Waals surface area (Å²) in [5, 5.41) is 0. The molecule has 86 valence electrons. The van der Waals surface area contributed by atoms with Crippen molar-refractivity contribution in [2.45, 2.75) is 32.1 Å². The van der Waals surface area contributed by atoms with E-state index in [4.69, 9.17) is 9.47 Å². The number of esters is 1. The predicted octanol–water partition coefficient (Wildman–Crippen LogP) is 2.31. The summed E-state index contributed by atoms with van der Waals surface area (Å²) in [5.41, 5.74) is 0. The van der Waals surface area contributed by atoms with Gasteiger partial charge in [-0.3, -0.25) is 4.79 Å². The fraction of sp³-hybridized carbons (Fsp3) is 0.750. The molecule has 3 heteroatoms. The Balaban J connectivity index is 2.03.